The molecule has 0 atom stereocenters. The standard InChI is InChI=1S/C13H15Cl3N2O2/c14-13(15,16)12(20)18(9-7-11(17)19)8-6-10-4-2-1-3-5-10/h1-5H,6-9H2,(H2,17,19). The lowest BCUT2D eigenvalue weighted by molar-refractivity contribution is -0.130. The Labute approximate surface area is 132 Å². The number of benzene rings is 1. The van der Waals surface area contributed by atoms with Gasteiger partial charge >= 0.3 is 0 Å². The van der Waals surface area contributed by atoms with Crippen LogP contribution in [0, 0.1) is 0 Å². The number of carbonyl (C=O) groups is 2. The summed E-state index contributed by atoms with van der Waals surface area (Å²) in [6, 6.07) is 9.58. The summed E-state index contributed by atoms with van der Waals surface area (Å²) in [5, 5.41) is 0. The second kappa shape index (κ2) is 7.72. The summed E-state index contributed by atoms with van der Waals surface area (Å²) in [5.41, 5.74) is 6.13. The predicted octanol–water partition coefficient (Wildman–Crippen LogP) is 2.30. The van der Waals surface area contributed by atoms with Gasteiger partial charge in [-0.2, -0.15) is 0 Å². The predicted molar refractivity (Wildman–Crippen MR) is 80.8 cm³/mol. The Bertz CT molecular complexity index is 460. The lowest BCUT2D eigenvalue weighted by atomic mass is 10.1. The maximum Gasteiger partial charge on any atom is 0.274 e. The number of primary amides is 1. The molecule has 0 saturated carbocycles. The average molecular weight is 338 g/mol. The number of amides is 2. The van der Waals surface area contributed by atoms with Crippen molar-refractivity contribution in [1.29, 1.82) is 0 Å². The molecular formula is C13H15Cl3N2O2. The molecule has 0 fully saturated rings. The molecule has 0 aliphatic carbocycles. The van der Waals surface area contributed by atoms with E-state index in [4.69, 9.17) is 40.5 Å². The van der Waals surface area contributed by atoms with Crippen LogP contribution in [0.4, 0.5) is 0 Å². The molecule has 2 amide bonds. The van der Waals surface area contributed by atoms with Crippen molar-refractivity contribution in [2.75, 3.05) is 13.1 Å². The van der Waals surface area contributed by atoms with Crippen molar-refractivity contribution < 1.29 is 9.59 Å². The molecule has 7 heteroatoms. The van der Waals surface area contributed by atoms with E-state index in [1.807, 2.05) is 30.3 Å². The van der Waals surface area contributed by atoms with Crippen molar-refractivity contribution in [1.82, 2.24) is 4.90 Å². The van der Waals surface area contributed by atoms with Gasteiger partial charge in [-0.15, -0.1) is 0 Å². The van der Waals surface area contributed by atoms with Crippen LogP contribution in [0.15, 0.2) is 30.3 Å². The number of nitrogens with zero attached hydrogens (tertiary/aromatic N) is 1. The average Bonchev–Trinajstić information content (AvgIpc) is 2.38. The van der Waals surface area contributed by atoms with Crippen LogP contribution in [0.2, 0.25) is 0 Å². The van der Waals surface area contributed by atoms with E-state index in [1.165, 1.54) is 4.90 Å². The number of carbonyl (C=O) groups excluding carboxylic acids is 2. The molecule has 1 aromatic carbocycles. The third-order valence-corrected chi connectivity index (χ3v) is 3.16. The van der Waals surface area contributed by atoms with E-state index >= 15 is 0 Å². The fourth-order valence-corrected chi connectivity index (χ4v) is 2.01. The molecular weight excluding hydrogens is 323 g/mol. The van der Waals surface area contributed by atoms with Crippen LogP contribution in [0.25, 0.3) is 0 Å². The highest BCUT2D eigenvalue weighted by molar-refractivity contribution is 6.76. The number of hydrogen-bond donors (Lipinski definition) is 1. The summed E-state index contributed by atoms with van der Waals surface area (Å²) >= 11 is 16.8. The molecule has 0 aliphatic heterocycles. The van der Waals surface area contributed by atoms with Crippen LogP contribution in [0.1, 0.15) is 12.0 Å². The first-order valence-corrected chi connectivity index (χ1v) is 7.12. The first-order chi connectivity index (χ1) is 9.30. The monoisotopic (exact) mass is 336 g/mol. The first-order valence-electron chi connectivity index (χ1n) is 5.99. The Balaban J connectivity index is 2.67. The van der Waals surface area contributed by atoms with E-state index < -0.39 is 15.6 Å². The maximum absolute atomic E-state index is 12.0. The zero-order chi connectivity index (χ0) is 15.2. The van der Waals surface area contributed by atoms with Crippen molar-refractivity contribution in [2.45, 2.75) is 16.6 Å². The van der Waals surface area contributed by atoms with Crippen LogP contribution in [0.5, 0.6) is 0 Å². The molecule has 4 nitrogen and oxygen atoms in total. The van der Waals surface area contributed by atoms with Crippen LogP contribution in [-0.4, -0.2) is 33.6 Å². The molecule has 0 aromatic heterocycles. The van der Waals surface area contributed by atoms with Gasteiger partial charge in [0.15, 0.2) is 0 Å². The van der Waals surface area contributed by atoms with Crippen molar-refractivity contribution in [3.63, 3.8) is 0 Å². The molecule has 0 heterocycles. The Morgan fingerprint density at radius 1 is 1.10 bits per heavy atom. The normalized spacial score (nSPS) is 11.2. The first kappa shape index (κ1) is 17.1. The van der Waals surface area contributed by atoms with Crippen molar-refractivity contribution in [3.8, 4) is 0 Å². The molecule has 2 N–H and O–H groups in total. The van der Waals surface area contributed by atoms with Gasteiger partial charge in [-0.25, -0.2) is 0 Å². The van der Waals surface area contributed by atoms with Gasteiger partial charge in [-0.1, -0.05) is 65.1 Å². The van der Waals surface area contributed by atoms with E-state index in [0.717, 1.165) is 5.56 Å². The topological polar surface area (TPSA) is 63.4 Å². The van der Waals surface area contributed by atoms with Crippen LogP contribution in [-0.2, 0) is 16.0 Å². The van der Waals surface area contributed by atoms with Crippen LogP contribution >= 0.6 is 34.8 Å². The van der Waals surface area contributed by atoms with Crippen molar-refractivity contribution in [2.24, 2.45) is 5.73 Å². The summed E-state index contributed by atoms with van der Waals surface area (Å²) in [6.45, 7) is 0.485. The van der Waals surface area contributed by atoms with Crippen molar-refractivity contribution in [3.05, 3.63) is 35.9 Å². The second-order valence-electron chi connectivity index (χ2n) is 4.24. The molecule has 0 spiro atoms. The summed E-state index contributed by atoms with van der Waals surface area (Å²) in [7, 11) is 0. The number of hydrogen-bond acceptors (Lipinski definition) is 2. The Kier molecular flexibility index (Phi) is 6.59. The fourth-order valence-electron chi connectivity index (χ4n) is 1.65. The zero-order valence-electron chi connectivity index (χ0n) is 10.7. The third-order valence-electron chi connectivity index (χ3n) is 2.67. The Morgan fingerprint density at radius 2 is 1.70 bits per heavy atom. The third kappa shape index (κ3) is 5.99. The molecule has 110 valence electrons. The van der Waals surface area contributed by atoms with Gasteiger partial charge in [0.1, 0.15) is 0 Å². The van der Waals surface area contributed by atoms with Crippen LogP contribution < -0.4 is 5.73 Å². The number of rotatable bonds is 6. The van der Waals surface area contributed by atoms with Gasteiger partial charge in [0.2, 0.25) is 5.91 Å². The van der Waals surface area contributed by atoms with Gasteiger partial charge in [0, 0.05) is 19.5 Å². The van der Waals surface area contributed by atoms with Gasteiger partial charge in [-0.3, -0.25) is 9.59 Å². The number of halogens is 3. The van der Waals surface area contributed by atoms with Crippen LogP contribution in [0.3, 0.4) is 0 Å². The quantitative estimate of drug-likeness (QED) is 0.810. The fraction of sp³-hybridized carbons (Fsp3) is 0.385. The second-order valence-corrected chi connectivity index (χ2v) is 6.52. The molecule has 0 unspecified atom stereocenters. The molecule has 0 bridgehead atoms. The number of nitrogens with two attached hydrogens (primary N) is 1. The summed E-state index contributed by atoms with van der Waals surface area (Å²) < 4.78 is -2.03. The molecule has 0 aliphatic rings. The zero-order valence-corrected chi connectivity index (χ0v) is 13.0. The lowest BCUT2D eigenvalue weighted by Crippen LogP contribution is -2.42. The van der Waals surface area contributed by atoms with Gasteiger partial charge in [0.05, 0.1) is 0 Å². The highest BCUT2D eigenvalue weighted by Crippen LogP contribution is 2.28. The highest BCUT2D eigenvalue weighted by atomic mass is 35.6. The largest absolute Gasteiger partial charge is 0.370 e. The lowest BCUT2D eigenvalue weighted by Gasteiger charge is -2.25. The van der Waals surface area contributed by atoms with E-state index in [0.29, 0.717) is 13.0 Å². The van der Waals surface area contributed by atoms with Gasteiger partial charge in [-0.05, 0) is 12.0 Å². The van der Waals surface area contributed by atoms with Gasteiger partial charge < -0.3 is 10.6 Å². The Morgan fingerprint density at radius 3 is 2.20 bits per heavy atom. The Hall–Kier alpha value is -0.970. The summed E-state index contributed by atoms with van der Waals surface area (Å²) in [5.74, 6) is -1.16. The van der Waals surface area contributed by atoms with Gasteiger partial charge in [0.25, 0.3) is 9.70 Å². The summed E-state index contributed by atoms with van der Waals surface area (Å²) in [6.07, 6.45) is 0.632. The SMILES string of the molecule is NC(=O)CCN(CCc1ccccc1)C(=O)C(Cl)(Cl)Cl. The maximum atomic E-state index is 12.0. The van der Waals surface area contributed by atoms with E-state index in [2.05, 4.69) is 0 Å². The van der Waals surface area contributed by atoms with E-state index in [9.17, 15) is 9.59 Å². The molecule has 0 radical (unpaired) electrons. The van der Waals surface area contributed by atoms with Crippen molar-refractivity contribution >= 4 is 46.6 Å². The molecule has 0 saturated heterocycles. The minimum atomic E-state index is -2.03. The van der Waals surface area contributed by atoms with E-state index in [-0.39, 0.29) is 13.0 Å². The minimum Gasteiger partial charge on any atom is -0.370 e. The molecule has 1 rings (SSSR count). The summed E-state index contributed by atoms with van der Waals surface area (Å²) in [4.78, 5) is 24.2. The minimum absolute atomic E-state index is 0.0290. The van der Waals surface area contributed by atoms with E-state index in [1.54, 1.807) is 0 Å². The molecule has 20 heavy (non-hydrogen) atoms. The highest BCUT2D eigenvalue weighted by Gasteiger charge is 2.34. The number of alkyl halides is 3. The molecule has 1 aromatic rings. The smallest absolute Gasteiger partial charge is 0.274 e.